The molecule has 0 aliphatic carbocycles. The Morgan fingerprint density at radius 3 is 2.71 bits per heavy atom. The summed E-state index contributed by atoms with van der Waals surface area (Å²) in [5, 5.41) is 3.06. The second-order valence-corrected chi connectivity index (χ2v) is 4.55. The summed E-state index contributed by atoms with van der Waals surface area (Å²) in [7, 11) is 1.48. The summed E-state index contributed by atoms with van der Waals surface area (Å²) in [5.41, 5.74) is 0.423. The van der Waals surface area contributed by atoms with Crippen molar-refractivity contribution in [1.82, 2.24) is 0 Å². The minimum Gasteiger partial charge on any atom is -0.495 e. The highest BCUT2D eigenvalue weighted by molar-refractivity contribution is 6.31. The molecule has 0 saturated carbocycles. The zero-order chi connectivity index (χ0) is 15.2. The fourth-order valence-corrected chi connectivity index (χ4v) is 1.84. The van der Waals surface area contributed by atoms with Crippen molar-refractivity contribution in [2.24, 2.45) is 0 Å². The number of benzene rings is 2. The molecule has 0 aliphatic rings. The van der Waals surface area contributed by atoms with Gasteiger partial charge in [0.05, 0.1) is 12.8 Å². The van der Waals surface area contributed by atoms with Crippen molar-refractivity contribution in [3.05, 3.63) is 53.3 Å². The Morgan fingerprint density at radius 1 is 1.24 bits per heavy atom. The molecule has 0 saturated heterocycles. The molecule has 2 rings (SSSR count). The van der Waals surface area contributed by atoms with E-state index in [9.17, 15) is 9.18 Å². The molecule has 0 atom stereocenters. The normalized spacial score (nSPS) is 10.0. The highest BCUT2D eigenvalue weighted by Crippen LogP contribution is 2.27. The maximum absolute atomic E-state index is 13.3. The molecule has 1 amide bonds. The van der Waals surface area contributed by atoms with Crippen LogP contribution in [0.15, 0.2) is 42.5 Å². The first-order valence-corrected chi connectivity index (χ1v) is 6.48. The third-order valence-electron chi connectivity index (χ3n) is 2.63. The Balaban J connectivity index is 1.99. The molecular weight excluding hydrogens is 297 g/mol. The molecule has 0 unspecified atom stereocenters. The maximum Gasteiger partial charge on any atom is 0.262 e. The molecule has 6 heteroatoms. The second kappa shape index (κ2) is 6.95. The maximum atomic E-state index is 13.3. The number of hydrogen-bond donors (Lipinski definition) is 1. The van der Waals surface area contributed by atoms with Gasteiger partial charge in [-0.25, -0.2) is 4.39 Å². The van der Waals surface area contributed by atoms with Gasteiger partial charge < -0.3 is 14.8 Å². The minimum atomic E-state index is -0.523. The number of amides is 1. The Bertz CT molecular complexity index is 649. The summed E-state index contributed by atoms with van der Waals surface area (Å²) < 4.78 is 23.6. The average Bonchev–Trinajstić information content (AvgIpc) is 2.47. The Morgan fingerprint density at radius 2 is 2.00 bits per heavy atom. The van der Waals surface area contributed by atoms with Crippen molar-refractivity contribution < 1.29 is 18.7 Å². The monoisotopic (exact) mass is 309 g/mol. The van der Waals surface area contributed by atoms with E-state index in [0.717, 1.165) is 0 Å². The molecular formula is C15H13ClFNO3. The van der Waals surface area contributed by atoms with E-state index in [-0.39, 0.29) is 12.4 Å². The zero-order valence-electron chi connectivity index (χ0n) is 11.2. The van der Waals surface area contributed by atoms with Crippen molar-refractivity contribution >= 4 is 23.2 Å². The van der Waals surface area contributed by atoms with Gasteiger partial charge in [-0.05, 0) is 30.3 Å². The molecule has 21 heavy (non-hydrogen) atoms. The lowest BCUT2D eigenvalue weighted by Gasteiger charge is -2.11. The standard InChI is InChI=1S/C15H13ClFNO3/c1-20-14-7-6-10(16)8-12(14)18-15(19)9-21-13-5-3-2-4-11(13)17/h2-8H,9H2,1H3,(H,18,19). The molecule has 110 valence electrons. The van der Waals surface area contributed by atoms with Crippen molar-refractivity contribution in [2.75, 3.05) is 19.0 Å². The van der Waals surface area contributed by atoms with Gasteiger partial charge in [-0.15, -0.1) is 0 Å². The lowest BCUT2D eigenvalue weighted by molar-refractivity contribution is -0.118. The number of ether oxygens (including phenoxy) is 2. The minimum absolute atomic E-state index is 0.0192. The predicted octanol–water partition coefficient (Wildman–Crippen LogP) is 3.51. The van der Waals surface area contributed by atoms with Crippen LogP contribution in [0, 0.1) is 5.82 Å². The number of nitrogens with one attached hydrogen (secondary N) is 1. The molecule has 2 aromatic rings. The van der Waals surface area contributed by atoms with E-state index in [0.29, 0.717) is 16.5 Å². The number of carbonyl (C=O) groups excluding carboxylic acids is 1. The molecule has 0 spiro atoms. The Hall–Kier alpha value is -2.27. The molecule has 1 N–H and O–H groups in total. The van der Waals surface area contributed by atoms with E-state index in [2.05, 4.69) is 5.32 Å². The van der Waals surface area contributed by atoms with Gasteiger partial charge in [0.1, 0.15) is 5.75 Å². The van der Waals surface area contributed by atoms with Crippen LogP contribution in [-0.2, 0) is 4.79 Å². The first-order valence-electron chi connectivity index (χ1n) is 6.11. The summed E-state index contributed by atoms with van der Waals surface area (Å²) >= 11 is 5.86. The van der Waals surface area contributed by atoms with E-state index in [1.807, 2.05) is 0 Å². The van der Waals surface area contributed by atoms with E-state index in [1.165, 1.54) is 19.2 Å². The lowest BCUT2D eigenvalue weighted by atomic mass is 10.3. The van der Waals surface area contributed by atoms with Crippen LogP contribution in [0.1, 0.15) is 0 Å². The molecule has 0 radical (unpaired) electrons. The predicted molar refractivity (Wildman–Crippen MR) is 78.5 cm³/mol. The van der Waals surface area contributed by atoms with Crippen LogP contribution in [0.2, 0.25) is 5.02 Å². The number of halogens is 2. The number of para-hydroxylation sites is 1. The van der Waals surface area contributed by atoms with Gasteiger partial charge in [0.25, 0.3) is 5.91 Å². The molecule has 0 heterocycles. The molecule has 4 nitrogen and oxygen atoms in total. The molecule has 2 aromatic carbocycles. The SMILES string of the molecule is COc1ccc(Cl)cc1NC(=O)COc1ccccc1F. The summed E-state index contributed by atoms with van der Waals surface area (Å²) in [6, 6.07) is 10.7. The number of hydrogen-bond acceptors (Lipinski definition) is 3. The fraction of sp³-hybridized carbons (Fsp3) is 0.133. The summed E-state index contributed by atoms with van der Waals surface area (Å²) in [4.78, 5) is 11.8. The smallest absolute Gasteiger partial charge is 0.262 e. The van der Waals surface area contributed by atoms with Crippen LogP contribution in [0.3, 0.4) is 0 Å². The summed E-state index contributed by atoms with van der Waals surface area (Å²) in [5.74, 6) is -0.478. The summed E-state index contributed by atoms with van der Waals surface area (Å²) in [6.45, 7) is -0.323. The number of rotatable bonds is 5. The van der Waals surface area contributed by atoms with Crippen LogP contribution >= 0.6 is 11.6 Å². The van der Waals surface area contributed by atoms with Crippen LogP contribution in [-0.4, -0.2) is 19.6 Å². The van der Waals surface area contributed by atoms with Gasteiger partial charge in [-0.3, -0.25) is 4.79 Å². The van der Waals surface area contributed by atoms with Crippen LogP contribution < -0.4 is 14.8 Å². The number of anilines is 1. The van der Waals surface area contributed by atoms with Gasteiger partial charge in [-0.1, -0.05) is 23.7 Å². The van der Waals surface area contributed by atoms with Crippen molar-refractivity contribution in [3.8, 4) is 11.5 Å². The van der Waals surface area contributed by atoms with E-state index in [1.54, 1.807) is 30.3 Å². The van der Waals surface area contributed by atoms with E-state index >= 15 is 0 Å². The van der Waals surface area contributed by atoms with Crippen LogP contribution in [0.4, 0.5) is 10.1 Å². The highest BCUT2D eigenvalue weighted by atomic mass is 35.5. The van der Waals surface area contributed by atoms with E-state index in [4.69, 9.17) is 21.1 Å². The molecule has 0 aromatic heterocycles. The van der Waals surface area contributed by atoms with Crippen molar-refractivity contribution in [2.45, 2.75) is 0 Å². The molecule has 0 aliphatic heterocycles. The zero-order valence-corrected chi connectivity index (χ0v) is 12.0. The Labute approximate surface area is 126 Å². The molecule has 0 fully saturated rings. The second-order valence-electron chi connectivity index (χ2n) is 4.11. The fourth-order valence-electron chi connectivity index (χ4n) is 1.67. The highest BCUT2D eigenvalue weighted by Gasteiger charge is 2.10. The van der Waals surface area contributed by atoms with Crippen LogP contribution in [0.25, 0.3) is 0 Å². The van der Waals surface area contributed by atoms with Crippen molar-refractivity contribution in [3.63, 3.8) is 0 Å². The number of methoxy groups -OCH3 is 1. The van der Waals surface area contributed by atoms with Gasteiger partial charge in [-0.2, -0.15) is 0 Å². The largest absolute Gasteiger partial charge is 0.495 e. The van der Waals surface area contributed by atoms with Gasteiger partial charge in [0, 0.05) is 5.02 Å². The third-order valence-corrected chi connectivity index (χ3v) is 2.87. The Kier molecular flexibility index (Phi) is 5.00. The van der Waals surface area contributed by atoms with Gasteiger partial charge >= 0.3 is 0 Å². The van der Waals surface area contributed by atoms with Gasteiger partial charge in [0.2, 0.25) is 0 Å². The summed E-state index contributed by atoms with van der Waals surface area (Å²) in [6.07, 6.45) is 0. The topological polar surface area (TPSA) is 47.6 Å². The average molecular weight is 310 g/mol. The third kappa shape index (κ3) is 4.10. The quantitative estimate of drug-likeness (QED) is 0.919. The van der Waals surface area contributed by atoms with Crippen molar-refractivity contribution in [1.29, 1.82) is 0 Å². The first-order chi connectivity index (χ1) is 10.1. The van der Waals surface area contributed by atoms with Gasteiger partial charge in [0.15, 0.2) is 18.2 Å². The molecule has 0 bridgehead atoms. The number of carbonyl (C=O) groups is 1. The first kappa shape index (κ1) is 15.1. The lowest BCUT2D eigenvalue weighted by Crippen LogP contribution is -2.20. The van der Waals surface area contributed by atoms with Crippen LogP contribution in [0.5, 0.6) is 11.5 Å². The van der Waals surface area contributed by atoms with E-state index < -0.39 is 11.7 Å².